The molecular weight excluding hydrogens is 434 g/mol. The Balaban J connectivity index is 1.51. The molecule has 4 rings (SSSR count). The van der Waals surface area contributed by atoms with E-state index in [4.69, 9.17) is 0 Å². The number of amides is 1. The van der Waals surface area contributed by atoms with Crippen molar-refractivity contribution in [2.75, 3.05) is 0 Å². The average Bonchev–Trinajstić information content (AvgIpc) is 3.36. The maximum Gasteiger partial charge on any atom is 0.328 e. The van der Waals surface area contributed by atoms with Crippen LogP contribution in [0.15, 0.2) is 75.6 Å². The van der Waals surface area contributed by atoms with E-state index in [2.05, 4.69) is 41.5 Å². The van der Waals surface area contributed by atoms with E-state index in [1.54, 1.807) is 35.6 Å². The second-order valence-electron chi connectivity index (χ2n) is 8.04. The van der Waals surface area contributed by atoms with Crippen LogP contribution in [-0.4, -0.2) is 15.5 Å². The van der Waals surface area contributed by atoms with E-state index in [1.807, 2.05) is 17.5 Å². The molecule has 1 atom stereocenters. The van der Waals surface area contributed by atoms with Gasteiger partial charge >= 0.3 is 5.69 Å². The fraction of sp³-hybridized carbons (Fsp3) is 0.269. The molecule has 1 amide bonds. The lowest BCUT2D eigenvalue weighted by molar-refractivity contribution is -0.121. The van der Waals surface area contributed by atoms with Crippen molar-refractivity contribution in [3.05, 3.63) is 103 Å². The lowest BCUT2D eigenvalue weighted by Crippen LogP contribution is -2.33. The predicted octanol–water partition coefficient (Wildman–Crippen LogP) is 4.39. The molecule has 1 unspecified atom stereocenters. The monoisotopic (exact) mass is 461 g/mol. The Morgan fingerprint density at radius 1 is 1.06 bits per heavy atom. The molecule has 0 saturated carbocycles. The van der Waals surface area contributed by atoms with Crippen molar-refractivity contribution in [1.82, 2.24) is 14.9 Å². The number of nitrogens with one attached hydrogen (secondary N) is 2. The van der Waals surface area contributed by atoms with Gasteiger partial charge in [0, 0.05) is 17.8 Å². The van der Waals surface area contributed by atoms with Gasteiger partial charge in [-0.05, 0) is 47.5 Å². The standard InChI is InChI=1S/C26H27N3O3S/c1-2-3-7-18-11-13-19(14-12-18)24(22-10-6-17-33-22)27-23(30)15-16-29-21-9-5-4-8-20(21)25(31)28-26(29)32/h4-6,8-14,17,24H,2-3,7,15-16H2,1H3,(H,27,30)(H,28,31,32). The first-order chi connectivity index (χ1) is 16.1. The van der Waals surface area contributed by atoms with E-state index < -0.39 is 11.2 Å². The quantitative estimate of drug-likeness (QED) is 0.388. The maximum absolute atomic E-state index is 12.9. The minimum Gasteiger partial charge on any atom is -0.344 e. The highest BCUT2D eigenvalue weighted by Gasteiger charge is 2.18. The molecule has 0 saturated heterocycles. The summed E-state index contributed by atoms with van der Waals surface area (Å²) in [5, 5.41) is 5.56. The Labute approximate surface area is 195 Å². The fourth-order valence-electron chi connectivity index (χ4n) is 3.94. The summed E-state index contributed by atoms with van der Waals surface area (Å²) in [6.45, 7) is 2.36. The highest BCUT2D eigenvalue weighted by molar-refractivity contribution is 7.10. The molecule has 0 aliphatic rings. The molecule has 0 radical (unpaired) electrons. The molecule has 7 heteroatoms. The molecule has 170 valence electrons. The van der Waals surface area contributed by atoms with Crippen molar-refractivity contribution < 1.29 is 4.79 Å². The van der Waals surface area contributed by atoms with Gasteiger partial charge in [-0.1, -0.05) is 55.8 Å². The number of fused-ring (bicyclic) bond motifs is 1. The van der Waals surface area contributed by atoms with Gasteiger partial charge in [0.2, 0.25) is 5.91 Å². The number of benzene rings is 2. The summed E-state index contributed by atoms with van der Waals surface area (Å²) < 4.78 is 1.44. The zero-order valence-corrected chi connectivity index (χ0v) is 19.4. The van der Waals surface area contributed by atoms with E-state index in [9.17, 15) is 14.4 Å². The molecule has 2 aromatic heterocycles. The van der Waals surface area contributed by atoms with Crippen LogP contribution in [0.3, 0.4) is 0 Å². The Kier molecular flexibility index (Phi) is 7.19. The molecule has 0 fully saturated rings. The largest absolute Gasteiger partial charge is 0.344 e. The van der Waals surface area contributed by atoms with Crippen LogP contribution in [0.25, 0.3) is 10.9 Å². The van der Waals surface area contributed by atoms with Gasteiger partial charge in [-0.25, -0.2) is 4.79 Å². The van der Waals surface area contributed by atoms with Gasteiger partial charge in [0.15, 0.2) is 0 Å². The second-order valence-corrected chi connectivity index (χ2v) is 9.02. The first-order valence-corrected chi connectivity index (χ1v) is 12.1. The lowest BCUT2D eigenvalue weighted by atomic mass is 10.0. The maximum atomic E-state index is 12.9. The Bertz CT molecular complexity index is 1340. The van der Waals surface area contributed by atoms with Crippen LogP contribution >= 0.6 is 11.3 Å². The number of thiophene rings is 1. The van der Waals surface area contributed by atoms with Crippen LogP contribution in [-0.2, 0) is 17.8 Å². The number of rotatable bonds is 9. The van der Waals surface area contributed by atoms with Gasteiger partial charge in [0.05, 0.1) is 16.9 Å². The smallest absolute Gasteiger partial charge is 0.328 e. The molecule has 2 heterocycles. The van der Waals surface area contributed by atoms with E-state index in [-0.39, 0.29) is 24.9 Å². The zero-order valence-electron chi connectivity index (χ0n) is 18.5. The molecule has 0 bridgehead atoms. The Hall–Kier alpha value is -3.45. The van der Waals surface area contributed by atoms with E-state index in [0.717, 1.165) is 29.7 Å². The number of hydrogen-bond donors (Lipinski definition) is 2. The van der Waals surface area contributed by atoms with E-state index in [1.165, 1.54) is 10.1 Å². The molecule has 33 heavy (non-hydrogen) atoms. The van der Waals surface area contributed by atoms with E-state index >= 15 is 0 Å². The normalized spacial score (nSPS) is 12.0. The third-order valence-corrected chi connectivity index (χ3v) is 6.67. The van der Waals surface area contributed by atoms with Crippen LogP contribution in [0.2, 0.25) is 0 Å². The summed E-state index contributed by atoms with van der Waals surface area (Å²) in [4.78, 5) is 40.8. The van der Waals surface area contributed by atoms with E-state index in [0.29, 0.717) is 10.9 Å². The van der Waals surface area contributed by atoms with Crippen molar-refractivity contribution in [3.63, 3.8) is 0 Å². The number of nitrogens with zero attached hydrogens (tertiary/aromatic N) is 1. The van der Waals surface area contributed by atoms with Gasteiger partial charge in [0.25, 0.3) is 5.56 Å². The number of H-pyrrole nitrogens is 1. The average molecular weight is 462 g/mol. The van der Waals surface area contributed by atoms with Crippen molar-refractivity contribution >= 4 is 28.1 Å². The topological polar surface area (TPSA) is 84.0 Å². The van der Waals surface area contributed by atoms with Gasteiger partial charge in [-0.2, -0.15) is 0 Å². The summed E-state index contributed by atoms with van der Waals surface area (Å²) in [5.41, 5.74) is 1.91. The summed E-state index contributed by atoms with van der Waals surface area (Å²) >= 11 is 1.60. The first kappa shape index (κ1) is 22.7. The number of carbonyl (C=O) groups is 1. The molecule has 2 N–H and O–H groups in total. The van der Waals surface area contributed by atoms with Crippen LogP contribution < -0.4 is 16.6 Å². The molecule has 0 aliphatic heterocycles. The van der Waals surface area contributed by atoms with Crippen LogP contribution in [0, 0.1) is 0 Å². The van der Waals surface area contributed by atoms with Crippen LogP contribution in [0.1, 0.15) is 48.2 Å². The number of aromatic amines is 1. The summed E-state index contributed by atoms with van der Waals surface area (Å²) in [6.07, 6.45) is 3.48. The summed E-state index contributed by atoms with van der Waals surface area (Å²) in [5.74, 6) is -0.161. The Morgan fingerprint density at radius 2 is 1.85 bits per heavy atom. The lowest BCUT2D eigenvalue weighted by Gasteiger charge is -2.19. The number of unbranched alkanes of at least 4 members (excludes halogenated alkanes) is 1. The Morgan fingerprint density at radius 3 is 2.58 bits per heavy atom. The molecule has 4 aromatic rings. The highest BCUT2D eigenvalue weighted by Crippen LogP contribution is 2.27. The fourth-order valence-corrected chi connectivity index (χ4v) is 4.75. The SMILES string of the molecule is CCCCc1ccc(C(NC(=O)CCn2c(=O)[nH]c(=O)c3ccccc32)c2cccs2)cc1. The van der Waals surface area contributed by atoms with Gasteiger partial charge in [-0.3, -0.25) is 19.1 Å². The molecule has 6 nitrogen and oxygen atoms in total. The number of hydrogen-bond acceptors (Lipinski definition) is 4. The summed E-state index contributed by atoms with van der Waals surface area (Å²) in [7, 11) is 0. The molecular formula is C26H27N3O3S. The summed E-state index contributed by atoms with van der Waals surface area (Å²) in [6, 6.07) is 19.1. The third kappa shape index (κ3) is 5.31. The number of aryl methyl sites for hydroxylation is 2. The van der Waals surface area contributed by atoms with Crippen LogP contribution in [0.5, 0.6) is 0 Å². The second kappa shape index (κ2) is 10.4. The number of carbonyl (C=O) groups excluding carboxylic acids is 1. The minimum absolute atomic E-state index is 0.117. The van der Waals surface area contributed by atoms with Gasteiger partial charge in [0.1, 0.15) is 0 Å². The minimum atomic E-state index is -0.510. The van der Waals surface area contributed by atoms with Crippen molar-refractivity contribution in [3.8, 4) is 0 Å². The van der Waals surface area contributed by atoms with Gasteiger partial charge < -0.3 is 5.32 Å². The highest BCUT2D eigenvalue weighted by atomic mass is 32.1. The predicted molar refractivity (Wildman–Crippen MR) is 133 cm³/mol. The third-order valence-electron chi connectivity index (χ3n) is 5.73. The molecule has 0 spiro atoms. The number of para-hydroxylation sites is 1. The van der Waals surface area contributed by atoms with Crippen LogP contribution in [0.4, 0.5) is 0 Å². The van der Waals surface area contributed by atoms with Crippen molar-refractivity contribution in [2.24, 2.45) is 0 Å². The number of aromatic nitrogens is 2. The zero-order chi connectivity index (χ0) is 23.2. The van der Waals surface area contributed by atoms with Gasteiger partial charge in [-0.15, -0.1) is 11.3 Å². The first-order valence-electron chi connectivity index (χ1n) is 11.2. The van der Waals surface area contributed by atoms with Crippen molar-refractivity contribution in [2.45, 2.75) is 45.2 Å². The molecule has 2 aromatic carbocycles. The molecule has 0 aliphatic carbocycles. The van der Waals surface area contributed by atoms with Crippen molar-refractivity contribution in [1.29, 1.82) is 0 Å².